The summed E-state index contributed by atoms with van der Waals surface area (Å²) in [6.07, 6.45) is -0.0632. The van der Waals surface area contributed by atoms with E-state index in [4.69, 9.17) is 9.47 Å². The van der Waals surface area contributed by atoms with Gasteiger partial charge >= 0.3 is 12.8 Å². The summed E-state index contributed by atoms with van der Waals surface area (Å²) in [4.78, 5) is 8.64. The Kier molecular flexibility index (Phi) is 6.64. The first-order valence-corrected chi connectivity index (χ1v) is 10.9. The van der Waals surface area contributed by atoms with Gasteiger partial charge in [-0.25, -0.2) is 19.7 Å². The van der Waals surface area contributed by atoms with E-state index in [1.165, 1.54) is 34.2 Å². The van der Waals surface area contributed by atoms with Crippen molar-refractivity contribution in [2.75, 3.05) is 11.9 Å². The molecule has 2 N–H and O–H groups in total. The molecule has 9 nitrogen and oxygen atoms in total. The number of hydrazine groups is 1. The van der Waals surface area contributed by atoms with Gasteiger partial charge in [-0.3, -0.25) is 0 Å². The van der Waals surface area contributed by atoms with Crippen LogP contribution in [0.1, 0.15) is 26.6 Å². The van der Waals surface area contributed by atoms with Crippen LogP contribution in [0.3, 0.4) is 0 Å². The van der Waals surface area contributed by atoms with Gasteiger partial charge in [0.05, 0.1) is 0 Å². The number of nitrogens with one attached hydrogen (secondary N) is 2. The first-order chi connectivity index (χ1) is 16.8. The number of hydrogen-bond donors (Lipinski definition) is 2. The number of hydrogen-bond acceptors (Lipinski definition) is 8. The average Bonchev–Trinajstić information content (AvgIpc) is 3.33. The SMILES string of the molecule is Cc1ncn(-c2ccc(NC3(C)N=C4C(C(C)C)=CC=C(OCC(F)(F)F)N4N3)cc2OC(F)F)n1. The van der Waals surface area contributed by atoms with Crippen LogP contribution in [0.5, 0.6) is 5.75 Å². The van der Waals surface area contributed by atoms with E-state index in [2.05, 4.69) is 25.8 Å². The van der Waals surface area contributed by atoms with E-state index < -0.39 is 25.2 Å². The van der Waals surface area contributed by atoms with Crippen LogP contribution in [-0.2, 0) is 4.74 Å². The molecule has 0 saturated heterocycles. The zero-order chi connectivity index (χ0) is 26.3. The van der Waals surface area contributed by atoms with Crippen molar-refractivity contribution in [2.24, 2.45) is 10.9 Å². The van der Waals surface area contributed by atoms with Gasteiger partial charge in [0.1, 0.15) is 17.8 Å². The first-order valence-electron chi connectivity index (χ1n) is 10.9. The molecule has 0 bridgehead atoms. The molecule has 0 saturated carbocycles. The number of aryl methyl sites for hydroxylation is 1. The Labute approximate surface area is 203 Å². The van der Waals surface area contributed by atoms with Crippen LogP contribution in [0.25, 0.3) is 5.69 Å². The fourth-order valence-corrected chi connectivity index (χ4v) is 3.71. The molecule has 0 fully saturated rings. The van der Waals surface area contributed by atoms with Crippen molar-refractivity contribution in [3.8, 4) is 11.4 Å². The number of fused-ring (bicyclic) bond motifs is 1. The summed E-state index contributed by atoms with van der Waals surface area (Å²) >= 11 is 0. The number of aliphatic imine (C=N–C) groups is 1. The Morgan fingerprint density at radius 2 is 1.94 bits per heavy atom. The zero-order valence-corrected chi connectivity index (χ0v) is 19.8. The monoisotopic (exact) mass is 513 g/mol. The molecule has 36 heavy (non-hydrogen) atoms. The van der Waals surface area contributed by atoms with E-state index in [-0.39, 0.29) is 23.2 Å². The molecule has 1 atom stereocenters. The van der Waals surface area contributed by atoms with Gasteiger partial charge < -0.3 is 14.8 Å². The topological polar surface area (TPSA) is 88.8 Å². The number of allylic oxidation sites excluding steroid dienone is 2. The van der Waals surface area contributed by atoms with Gasteiger partial charge in [-0.2, -0.15) is 32.5 Å². The van der Waals surface area contributed by atoms with Crippen LogP contribution in [0.15, 0.2) is 53.1 Å². The van der Waals surface area contributed by atoms with Gasteiger partial charge in [0.15, 0.2) is 18.2 Å². The standard InChI is InChI=1S/C22H24F5N7O2/c1-12(2)15-6-8-18(35-10-22(25,26)27)34-19(15)30-21(4,32-34)29-14-5-7-16(17(9-14)36-20(23)24)33-11-28-13(3)31-33/h5-9,11-12,20,29,32H,10H2,1-4H3. The Hall–Kier alpha value is -3.68. The Morgan fingerprint density at radius 3 is 2.56 bits per heavy atom. The van der Waals surface area contributed by atoms with E-state index in [0.29, 0.717) is 17.3 Å². The summed E-state index contributed by atoms with van der Waals surface area (Å²) in [6, 6.07) is 4.47. The van der Waals surface area contributed by atoms with Gasteiger partial charge in [-0.15, -0.1) is 0 Å². The summed E-state index contributed by atoms with van der Waals surface area (Å²) in [7, 11) is 0. The lowest BCUT2D eigenvalue weighted by Gasteiger charge is -2.31. The van der Waals surface area contributed by atoms with Crippen molar-refractivity contribution in [1.82, 2.24) is 25.2 Å². The molecule has 14 heteroatoms. The molecule has 3 heterocycles. The molecule has 2 aliphatic rings. The van der Waals surface area contributed by atoms with Gasteiger partial charge in [0, 0.05) is 17.8 Å². The van der Waals surface area contributed by atoms with Crippen LogP contribution >= 0.6 is 0 Å². The molecule has 0 spiro atoms. The summed E-state index contributed by atoms with van der Waals surface area (Å²) in [5, 5.41) is 8.54. The second-order valence-corrected chi connectivity index (χ2v) is 8.56. The Balaban J connectivity index is 1.62. The van der Waals surface area contributed by atoms with E-state index >= 15 is 0 Å². The lowest BCUT2D eigenvalue weighted by molar-refractivity contribution is -0.169. The highest BCUT2D eigenvalue weighted by Crippen LogP contribution is 2.33. The van der Waals surface area contributed by atoms with Crippen LogP contribution in [0.2, 0.25) is 0 Å². The molecule has 1 unspecified atom stereocenters. The third-order valence-corrected chi connectivity index (χ3v) is 5.18. The Bertz CT molecular complexity index is 1220. The molecule has 194 valence electrons. The molecule has 2 aliphatic heterocycles. The first kappa shape index (κ1) is 25.4. The fourth-order valence-electron chi connectivity index (χ4n) is 3.71. The van der Waals surface area contributed by atoms with Crippen molar-refractivity contribution in [3.63, 3.8) is 0 Å². The smallest absolute Gasteiger partial charge is 0.422 e. The van der Waals surface area contributed by atoms with Gasteiger partial charge in [-0.1, -0.05) is 13.8 Å². The molecule has 0 amide bonds. The number of amidine groups is 1. The molecule has 1 aromatic heterocycles. The van der Waals surface area contributed by atoms with Crippen molar-refractivity contribution < 1.29 is 31.4 Å². The van der Waals surface area contributed by atoms with Crippen molar-refractivity contribution in [1.29, 1.82) is 0 Å². The number of aromatic nitrogens is 3. The normalized spacial score (nSPS) is 19.8. The van der Waals surface area contributed by atoms with Gasteiger partial charge in [0.2, 0.25) is 11.7 Å². The van der Waals surface area contributed by atoms with E-state index in [1.807, 2.05) is 13.8 Å². The average molecular weight is 513 g/mol. The number of alkyl halides is 5. The van der Waals surface area contributed by atoms with Crippen molar-refractivity contribution >= 4 is 11.5 Å². The van der Waals surface area contributed by atoms with Gasteiger partial charge in [-0.05, 0) is 43.5 Å². The molecular weight excluding hydrogens is 489 g/mol. The predicted molar refractivity (Wildman–Crippen MR) is 120 cm³/mol. The maximum Gasteiger partial charge on any atom is 0.422 e. The highest BCUT2D eigenvalue weighted by Gasteiger charge is 2.41. The maximum absolute atomic E-state index is 13.1. The highest BCUT2D eigenvalue weighted by molar-refractivity contribution is 6.02. The maximum atomic E-state index is 13.1. The van der Waals surface area contributed by atoms with E-state index in [1.54, 1.807) is 26.0 Å². The molecule has 2 aromatic rings. The largest absolute Gasteiger partial charge is 0.468 e. The second kappa shape index (κ2) is 9.41. The number of rotatable bonds is 8. The van der Waals surface area contributed by atoms with Crippen molar-refractivity contribution in [2.45, 2.75) is 46.3 Å². The van der Waals surface area contributed by atoms with Crippen LogP contribution in [-0.4, -0.2) is 50.8 Å². The third kappa shape index (κ3) is 5.58. The second-order valence-electron chi connectivity index (χ2n) is 8.56. The minimum absolute atomic E-state index is 0.00674. The van der Waals surface area contributed by atoms with Crippen molar-refractivity contribution in [3.05, 3.63) is 54.0 Å². The quantitative estimate of drug-likeness (QED) is 0.503. The summed E-state index contributed by atoms with van der Waals surface area (Å²) < 4.78 is 75.5. The molecule has 0 aliphatic carbocycles. The van der Waals surface area contributed by atoms with E-state index in [9.17, 15) is 22.0 Å². The van der Waals surface area contributed by atoms with Gasteiger partial charge in [0.25, 0.3) is 0 Å². The summed E-state index contributed by atoms with van der Waals surface area (Å²) in [5.41, 5.74) is 4.36. The highest BCUT2D eigenvalue weighted by atomic mass is 19.4. The summed E-state index contributed by atoms with van der Waals surface area (Å²) in [6.45, 7) is 2.57. The lowest BCUT2D eigenvalue weighted by atomic mass is 10.00. The molecular formula is C22H24F5N7O2. The number of ether oxygens (including phenoxy) is 2. The van der Waals surface area contributed by atoms with Crippen LogP contribution in [0.4, 0.5) is 27.6 Å². The summed E-state index contributed by atoms with van der Waals surface area (Å²) in [5.74, 6) is -0.683. The third-order valence-electron chi connectivity index (χ3n) is 5.18. The molecule has 0 radical (unpaired) electrons. The number of nitrogens with zero attached hydrogens (tertiary/aromatic N) is 5. The Morgan fingerprint density at radius 1 is 1.19 bits per heavy atom. The number of anilines is 1. The predicted octanol–water partition coefficient (Wildman–Crippen LogP) is 4.50. The lowest BCUT2D eigenvalue weighted by Crippen LogP contribution is -2.51. The number of benzene rings is 1. The molecule has 4 rings (SSSR count). The van der Waals surface area contributed by atoms with E-state index in [0.717, 1.165) is 5.57 Å². The zero-order valence-electron chi connectivity index (χ0n) is 19.8. The minimum Gasteiger partial charge on any atom is -0.468 e. The van der Waals surface area contributed by atoms with Crippen LogP contribution < -0.4 is 15.5 Å². The fraction of sp³-hybridized carbons (Fsp3) is 0.409. The minimum atomic E-state index is -4.52. The molecule has 1 aromatic carbocycles. The number of halogens is 5. The van der Waals surface area contributed by atoms with Crippen LogP contribution in [0, 0.1) is 12.8 Å².